The van der Waals surface area contributed by atoms with Gasteiger partial charge in [-0.2, -0.15) is 0 Å². The van der Waals surface area contributed by atoms with Crippen molar-refractivity contribution in [3.63, 3.8) is 0 Å². The fourth-order valence-electron chi connectivity index (χ4n) is 3.32. The smallest absolute Gasteiger partial charge is 0.0659 e. The molecule has 15 heavy (non-hydrogen) atoms. The molecule has 1 fully saturated rings. The summed E-state index contributed by atoms with van der Waals surface area (Å²) in [6.07, 6.45) is 4.22. The zero-order valence-electron chi connectivity index (χ0n) is 10.7. The van der Waals surface area contributed by atoms with Crippen molar-refractivity contribution >= 4 is 0 Å². The van der Waals surface area contributed by atoms with E-state index in [4.69, 9.17) is 5.73 Å². The lowest BCUT2D eigenvalue weighted by Gasteiger charge is -2.50. The van der Waals surface area contributed by atoms with Crippen LogP contribution in [0.15, 0.2) is 0 Å². The summed E-state index contributed by atoms with van der Waals surface area (Å²) in [5.74, 6) is 0.608. The molecule has 3 N–H and O–H groups in total. The maximum absolute atomic E-state index is 10.5. The monoisotopic (exact) mass is 213 g/mol. The van der Waals surface area contributed by atoms with Crippen LogP contribution in [0.4, 0.5) is 0 Å². The summed E-state index contributed by atoms with van der Waals surface area (Å²) in [5, 5.41) is 10.5. The fraction of sp³-hybridized carbons (Fsp3) is 1.00. The van der Waals surface area contributed by atoms with Crippen LogP contribution in [0.25, 0.3) is 0 Å². The molecule has 2 nitrogen and oxygen atoms in total. The van der Waals surface area contributed by atoms with Crippen LogP contribution in [0.2, 0.25) is 0 Å². The molecule has 0 bridgehead atoms. The summed E-state index contributed by atoms with van der Waals surface area (Å²) in [7, 11) is 0. The second-order valence-electron chi connectivity index (χ2n) is 6.41. The largest absolute Gasteiger partial charge is 0.392 e. The SMILES string of the molecule is CC(C)CC1(CN)CCCC(C)(C)C1O. The van der Waals surface area contributed by atoms with Crippen LogP contribution in [0.3, 0.4) is 0 Å². The van der Waals surface area contributed by atoms with Gasteiger partial charge in [0.05, 0.1) is 6.10 Å². The van der Waals surface area contributed by atoms with Crippen LogP contribution in [0.1, 0.15) is 53.4 Å². The lowest BCUT2D eigenvalue weighted by molar-refractivity contribution is -0.0972. The van der Waals surface area contributed by atoms with Crippen molar-refractivity contribution < 1.29 is 5.11 Å². The van der Waals surface area contributed by atoms with E-state index in [2.05, 4.69) is 27.7 Å². The molecule has 2 atom stereocenters. The summed E-state index contributed by atoms with van der Waals surface area (Å²) in [6, 6.07) is 0. The van der Waals surface area contributed by atoms with Gasteiger partial charge in [-0.3, -0.25) is 0 Å². The van der Waals surface area contributed by atoms with E-state index in [9.17, 15) is 5.11 Å². The quantitative estimate of drug-likeness (QED) is 0.757. The molecule has 0 aromatic heterocycles. The normalized spacial score (nSPS) is 35.8. The molecular formula is C13H27NO. The van der Waals surface area contributed by atoms with Crippen molar-refractivity contribution in [2.45, 2.75) is 59.5 Å². The number of rotatable bonds is 3. The van der Waals surface area contributed by atoms with Gasteiger partial charge in [0.2, 0.25) is 0 Å². The maximum atomic E-state index is 10.5. The first-order valence-corrected chi connectivity index (χ1v) is 6.22. The highest BCUT2D eigenvalue weighted by molar-refractivity contribution is 4.99. The van der Waals surface area contributed by atoms with Gasteiger partial charge in [0, 0.05) is 12.0 Å². The summed E-state index contributed by atoms with van der Waals surface area (Å²) in [6.45, 7) is 9.39. The Morgan fingerprint density at radius 1 is 1.33 bits per heavy atom. The Hall–Kier alpha value is -0.0800. The lowest BCUT2D eigenvalue weighted by atomic mass is 9.59. The van der Waals surface area contributed by atoms with Crippen molar-refractivity contribution in [1.82, 2.24) is 0 Å². The Bertz CT molecular complexity index is 213. The molecule has 0 radical (unpaired) electrons. The van der Waals surface area contributed by atoms with E-state index in [0.717, 1.165) is 19.3 Å². The van der Waals surface area contributed by atoms with E-state index in [0.29, 0.717) is 12.5 Å². The Morgan fingerprint density at radius 2 is 1.93 bits per heavy atom. The highest BCUT2D eigenvalue weighted by Gasteiger charge is 2.47. The van der Waals surface area contributed by atoms with E-state index >= 15 is 0 Å². The van der Waals surface area contributed by atoms with Crippen molar-refractivity contribution in [2.24, 2.45) is 22.5 Å². The third-order valence-electron chi connectivity index (χ3n) is 4.04. The molecule has 90 valence electrons. The Kier molecular flexibility index (Phi) is 3.83. The minimum absolute atomic E-state index is 0.0318. The predicted octanol–water partition coefficient (Wildman–Crippen LogP) is 2.55. The molecule has 1 aliphatic carbocycles. The van der Waals surface area contributed by atoms with Gasteiger partial charge < -0.3 is 10.8 Å². The van der Waals surface area contributed by atoms with E-state index < -0.39 is 0 Å². The highest BCUT2D eigenvalue weighted by Crippen LogP contribution is 2.48. The number of nitrogens with two attached hydrogens (primary N) is 1. The maximum Gasteiger partial charge on any atom is 0.0659 e. The first-order valence-electron chi connectivity index (χ1n) is 6.22. The van der Waals surface area contributed by atoms with E-state index in [1.807, 2.05) is 0 Å². The summed E-state index contributed by atoms with van der Waals surface area (Å²) >= 11 is 0. The van der Waals surface area contributed by atoms with Crippen molar-refractivity contribution in [3.05, 3.63) is 0 Å². The molecule has 0 spiro atoms. The molecule has 2 heteroatoms. The number of hydrogen-bond donors (Lipinski definition) is 2. The average Bonchev–Trinajstić information content (AvgIpc) is 2.12. The molecule has 0 aromatic carbocycles. The van der Waals surface area contributed by atoms with Crippen LogP contribution >= 0.6 is 0 Å². The van der Waals surface area contributed by atoms with Crippen LogP contribution in [-0.2, 0) is 0 Å². The molecule has 1 rings (SSSR count). The van der Waals surface area contributed by atoms with Gasteiger partial charge in [0.1, 0.15) is 0 Å². The second-order valence-corrected chi connectivity index (χ2v) is 6.41. The van der Waals surface area contributed by atoms with Gasteiger partial charge in [-0.05, 0) is 30.6 Å². The molecule has 2 unspecified atom stereocenters. The van der Waals surface area contributed by atoms with E-state index in [1.165, 1.54) is 6.42 Å². The molecule has 0 heterocycles. The van der Waals surface area contributed by atoms with Gasteiger partial charge in [-0.15, -0.1) is 0 Å². The van der Waals surface area contributed by atoms with Gasteiger partial charge in [-0.25, -0.2) is 0 Å². The first kappa shape index (κ1) is 13.0. The zero-order chi connectivity index (χ0) is 11.7. The molecule has 0 aromatic rings. The molecule has 0 saturated heterocycles. The molecule has 1 aliphatic rings. The van der Waals surface area contributed by atoms with Crippen LogP contribution in [-0.4, -0.2) is 17.8 Å². The van der Waals surface area contributed by atoms with E-state index in [1.54, 1.807) is 0 Å². The van der Waals surface area contributed by atoms with Crippen molar-refractivity contribution in [3.8, 4) is 0 Å². The Morgan fingerprint density at radius 3 is 2.40 bits per heavy atom. The average molecular weight is 213 g/mol. The summed E-state index contributed by atoms with van der Waals surface area (Å²) in [4.78, 5) is 0. The number of hydrogen-bond acceptors (Lipinski definition) is 2. The third kappa shape index (κ3) is 2.54. The first-order chi connectivity index (χ1) is 6.84. The van der Waals surface area contributed by atoms with Crippen LogP contribution < -0.4 is 5.73 Å². The lowest BCUT2D eigenvalue weighted by Crippen LogP contribution is -2.52. The van der Waals surface area contributed by atoms with Gasteiger partial charge >= 0.3 is 0 Å². The topological polar surface area (TPSA) is 46.2 Å². The molecule has 1 saturated carbocycles. The minimum Gasteiger partial charge on any atom is -0.392 e. The molecule has 0 aliphatic heterocycles. The fourth-order valence-corrected chi connectivity index (χ4v) is 3.32. The molecule has 0 amide bonds. The Labute approximate surface area is 94.2 Å². The van der Waals surface area contributed by atoms with Crippen LogP contribution in [0.5, 0.6) is 0 Å². The minimum atomic E-state index is -0.244. The third-order valence-corrected chi connectivity index (χ3v) is 4.04. The second kappa shape index (κ2) is 4.42. The van der Waals surface area contributed by atoms with E-state index in [-0.39, 0.29) is 16.9 Å². The summed E-state index contributed by atoms with van der Waals surface area (Å²) in [5.41, 5.74) is 5.94. The predicted molar refractivity (Wildman–Crippen MR) is 64.6 cm³/mol. The van der Waals surface area contributed by atoms with Crippen molar-refractivity contribution in [1.29, 1.82) is 0 Å². The van der Waals surface area contributed by atoms with Gasteiger partial charge in [0.25, 0.3) is 0 Å². The number of aliphatic hydroxyl groups excluding tert-OH is 1. The van der Waals surface area contributed by atoms with Gasteiger partial charge in [0.15, 0.2) is 0 Å². The number of aliphatic hydroxyl groups is 1. The van der Waals surface area contributed by atoms with Crippen molar-refractivity contribution in [2.75, 3.05) is 6.54 Å². The summed E-state index contributed by atoms with van der Waals surface area (Å²) < 4.78 is 0. The van der Waals surface area contributed by atoms with Crippen LogP contribution in [0, 0.1) is 16.7 Å². The highest BCUT2D eigenvalue weighted by atomic mass is 16.3. The standard InChI is InChI=1S/C13H27NO/c1-10(2)8-13(9-14)7-5-6-12(3,4)11(13)15/h10-11,15H,5-9,14H2,1-4H3. The molecular weight excluding hydrogens is 186 g/mol. The zero-order valence-corrected chi connectivity index (χ0v) is 10.7. The Balaban J connectivity index is 2.87. The van der Waals surface area contributed by atoms with Gasteiger partial charge in [-0.1, -0.05) is 34.1 Å².